The normalized spacial score (nSPS) is 16.8. The Balaban J connectivity index is 1.41. The van der Waals surface area contributed by atoms with E-state index < -0.39 is 4.92 Å². The maximum Gasteiger partial charge on any atom is 0.273 e. The van der Waals surface area contributed by atoms with E-state index in [1.54, 1.807) is 12.3 Å². The zero-order chi connectivity index (χ0) is 26.5. The van der Waals surface area contributed by atoms with E-state index in [2.05, 4.69) is 20.5 Å². The van der Waals surface area contributed by atoms with E-state index in [4.69, 9.17) is 21.4 Å². The monoisotopic (exact) mass is 529 g/mol. The number of thiocarbonyl (C=S) groups is 1. The number of anilines is 1. The molecule has 0 spiro atoms. The van der Waals surface area contributed by atoms with Crippen LogP contribution in [0.25, 0.3) is 11.3 Å². The number of nitro benzene ring substituents is 1. The van der Waals surface area contributed by atoms with Crippen molar-refractivity contribution in [3.63, 3.8) is 0 Å². The molecule has 0 aliphatic carbocycles. The summed E-state index contributed by atoms with van der Waals surface area (Å²) in [5.41, 5.74) is 2.51. The van der Waals surface area contributed by atoms with Gasteiger partial charge in [0.05, 0.1) is 35.4 Å². The fourth-order valence-electron chi connectivity index (χ4n) is 4.65. The van der Waals surface area contributed by atoms with Gasteiger partial charge in [-0.3, -0.25) is 15.1 Å². The van der Waals surface area contributed by atoms with Gasteiger partial charge in [0.25, 0.3) is 5.69 Å². The summed E-state index contributed by atoms with van der Waals surface area (Å²) in [6.07, 6.45) is 2.62. The third kappa shape index (κ3) is 5.30. The average Bonchev–Trinajstić information content (AvgIpc) is 3.56. The average molecular weight is 530 g/mol. The second-order valence-corrected chi connectivity index (χ2v) is 9.20. The number of rotatable bonds is 10. The van der Waals surface area contributed by atoms with Crippen LogP contribution in [0.4, 0.5) is 11.4 Å². The summed E-state index contributed by atoms with van der Waals surface area (Å²) >= 11 is 5.76. The smallest absolute Gasteiger partial charge is 0.273 e. The molecule has 0 bridgehead atoms. The molecular weight excluding hydrogens is 502 g/mol. The van der Waals surface area contributed by atoms with Gasteiger partial charge in [-0.2, -0.15) is 0 Å². The summed E-state index contributed by atoms with van der Waals surface area (Å²) in [7, 11) is 1.48. The van der Waals surface area contributed by atoms with Gasteiger partial charge in [-0.05, 0) is 61.1 Å². The lowest BCUT2D eigenvalue weighted by Crippen LogP contribution is -2.31. The lowest BCUT2D eigenvalue weighted by atomic mass is 10.0. The number of pyridine rings is 1. The van der Waals surface area contributed by atoms with Crippen molar-refractivity contribution < 1.29 is 14.1 Å². The Bertz CT molecular complexity index is 1410. The zero-order valence-corrected chi connectivity index (χ0v) is 21.6. The Morgan fingerprint density at radius 2 is 1.95 bits per heavy atom. The van der Waals surface area contributed by atoms with Gasteiger partial charge in [-0.25, -0.2) is 0 Å². The maximum atomic E-state index is 11.2. The molecule has 9 nitrogen and oxygen atoms in total. The molecule has 5 rings (SSSR count). The van der Waals surface area contributed by atoms with Gasteiger partial charge >= 0.3 is 0 Å². The molecule has 2 N–H and O–H groups in total. The van der Waals surface area contributed by atoms with Crippen LogP contribution in [0, 0.1) is 10.1 Å². The number of nitro groups is 1. The van der Waals surface area contributed by atoms with Crippen molar-refractivity contribution in [2.45, 2.75) is 18.5 Å². The lowest BCUT2D eigenvalue weighted by molar-refractivity contribution is -0.384. The number of hydrogen-bond acceptors (Lipinski definition) is 7. The molecule has 0 saturated carbocycles. The van der Waals surface area contributed by atoms with Crippen molar-refractivity contribution in [2.24, 2.45) is 0 Å². The fraction of sp³-hybridized carbons (Fsp3) is 0.214. The Hall–Kier alpha value is -4.44. The zero-order valence-electron chi connectivity index (χ0n) is 20.7. The number of nitrogens with one attached hydrogen (secondary N) is 2. The molecule has 38 heavy (non-hydrogen) atoms. The first-order chi connectivity index (χ1) is 18.5. The van der Waals surface area contributed by atoms with Crippen molar-refractivity contribution in [3.05, 3.63) is 107 Å². The first-order valence-electron chi connectivity index (χ1n) is 12.2. The van der Waals surface area contributed by atoms with Crippen molar-refractivity contribution in [2.75, 3.05) is 25.5 Å². The SMILES string of the molecule is COc1cc([N+](=O)[O-])ccc1-c1ccc([C@H]2[C@@H](c3ccccn3)NC(=S)N2CCCNc2ccccc2)o1. The molecular formula is C28H27N5O4S. The van der Waals surface area contributed by atoms with E-state index in [-0.39, 0.29) is 17.8 Å². The number of hydrogen-bond donors (Lipinski definition) is 2. The van der Waals surface area contributed by atoms with Gasteiger partial charge in [0, 0.05) is 31.0 Å². The third-order valence-electron chi connectivity index (χ3n) is 6.46. The molecule has 3 heterocycles. The van der Waals surface area contributed by atoms with E-state index >= 15 is 0 Å². The van der Waals surface area contributed by atoms with Crippen LogP contribution in [-0.4, -0.2) is 40.1 Å². The maximum absolute atomic E-state index is 11.2. The Kier molecular flexibility index (Phi) is 7.50. The van der Waals surface area contributed by atoms with Gasteiger partial charge in [0.1, 0.15) is 23.3 Å². The van der Waals surface area contributed by atoms with Gasteiger partial charge in [0.2, 0.25) is 0 Å². The molecule has 10 heteroatoms. The van der Waals surface area contributed by atoms with Crippen LogP contribution in [0.5, 0.6) is 5.75 Å². The quantitative estimate of drug-likeness (QED) is 0.115. The molecule has 0 amide bonds. The van der Waals surface area contributed by atoms with Gasteiger partial charge in [-0.15, -0.1) is 0 Å². The van der Waals surface area contributed by atoms with Crippen LogP contribution in [0.1, 0.15) is 30.0 Å². The number of nitrogens with zero attached hydrogens (tertiary/aromatic N) is 3. The number of ether oxygens (including phenoxy) is 1. The summed E-state index contributed by atoms with van der Waals surface area (Å²) in [4.78, 5) is 17.5. The minimum absolute atomic E-state index is 0.0479. The van der Waals surface area contributed by atoms with E-state index in [1.165, 1.54) is 19.2 Å². The predicted molar refractivity (Wildman–Crippen MR) is 149 cm³/mol. The largest absolute Gasteiger partial charge is 0.496 e. The highest BCUT2D eigenvalue weighted by molar-refractivity contribution is 7.80. The minimum Gasteiger partial charge on any atom is -0.496 e. The van der Waals surface area contributed by atoms with Gasteiger partial charge in [-0.1, -0.05) is 24.3 Å². The molecule has 0 unspecified atom stereocenters. The fourth-order valence-corrected chi connectivity index (χ4v) is 4.98. The molecule has 1 aliphatic heterocycles. The first-order valence-corrected chi connectivity index (χ1v) is 12.7. The molecule has 1 aliphatic rings. The van der Waals surface area contributed by atoms with Crippen LogP contribution in [0.15, 0.2) is 89.5 Å². The van der Waals surface area contributed by atoms with Crippen LogP contribution < -0.4 is 15.4 Å². The molecule has 2 atom stereocenters. The Morgan fingerprint density at radius 1 is 1.13 bits per heavy atom. The van der Waals surface area contributed by atoms with Crippen LogP contribution in [0.3, 0.4) is 0 Å². The number of aromatic nitrogens is 1. The van der Waals surface area contributed by atoms with Crippen LogP contribution >= 0.6 is 12.2 Å². The van der Waals surface area contributed by atoms with Crippen molar-refractivity contribution >= 4 is 28.7 Å². The number of para-hydroxylation sites is 1. The van der Waals surface area contributed by atoms with Crippen molar-refractivity contribution in [1.82, 2.24) is 15.2 Å². The predicted octanol–water partition coefficient (Wildman–Crippen LogP) is 5.73. The molecule has 1 fully saturated rings. The van der Waals surface area contributed by atoms with E-state index in [1.807, 2.05) is 60.7 Å². The summed E-state index contributed by atoms with van der Waals surface area (Å²) in [5.74, 6) is 1.62. The molecule has 1 saturated heterocycles. The molecule has 0 radical (unpaired) electrons. The topological polar surface area (TPSA) is 106 Å². The second kappa shape index (κ2) is 11.3. The highest BCUT2D eigenvalue weighted by Crippen LogP contribution is 2.42. The summed E-state index contributed by atoms with van der Waals surface area (Å²) in [6, 6.07) is 23.7. The molecule has 194 valence electrons. The first kappa shape index (κ1) is 25.2. The standard InChI is InChI=1S/C28H27N5O4S/c1-36-25-18-20(33(34)35)11-12-21(25)23-13-14-24(37-23)27-26(22-10-5-6-15-30-22)31-28(38)32(27)17-7-16-29-19-8-3-2-4-9-19/h2-6,8-15,18,26-27,29H,7,16-17H2,1H3,(H,31,38)/t26-,27+/m1/s1. The number of methoxy groups -OCH3 is 1. The number of non-ortho nitro benzene ring substituents is 1. The lowest BCUT2D eigenvalue weighted by Gasteiger charge is -2.26. The van der Waals surface area contributed by atoms with Crippen LogP contribution in [-0.2, 0) is 0 Å². The second-order valence-electron chi connectivity index (χ2n) is 8.81. The van der Waals surface area contributed by atoms with E-state index in [0.29, 0.717) is 34.5 Å². The van der Waals surface area contributed by atoms with Crippen LogP contribution in [0.2, 0.25) is 0 Å². The molecule has 2 aromatic heterocycles. The highest BCUT2D eigenvalue weighted by atomic mass is 32.1. The highest BCUT2D eigenvalue weighted by Gasteiger charge is 2.41. The number of furan rings is 1. The van der Waals surface area contributed by atoms with E-state index in [0.717, 1.165) is 24.3 Å². The summed E-state index contributed by atoms with van der Waals surface area (Å²) in [5, 5.41) is 18.7. The van der Waals surface area contributed by atoms with Crippen molar-refractivity contribution in [1.29, 1.82) is 0 Å². The van der Waals surface area contributed by atoms with E-state index in [9.17, 15) is 10.1 Å². The van der Waals surface area contributed by atoms with Gasteiger partial charge in [0.15, 0.2) is 5.11 Å². The summed E-state index contributed by atoms with van der Waals surface area (Å²) in [6.45, 7) is 1.49. The Labute approximate surface area is 225 Å². The molecule has 2 aromatic carbocycles. The van der Waals surface area contributed by atoms with Crippen molar-refractivity contribution in [3.8, 4) is 17.1 Å². The number of benzene rings is 2. The summed E-state index contributed by atoms with van der Waals surface area (Å²) < 4.78 is 11.8. The minimum atomic E-state index is -0.451. The third-order valence-corrected chi connectivity index (χ3v) is 6.81. The van der Waals surface area contributed by atoms with Gasteiger partial charge < -0.3 is 24.7 Å². The molecule has 4 aromatic rings. The Morgan fingerprint density at radius 3 is 2.68 bits per heavy atom.